The lowest BCUT2D eigenvalue weighted by Crippen LogP contribution is -2.12. The minimum Gasteiger partial charge on any atom is -0.359 e. The van der Waals surface area contributed by atoms with Crippen molar-refractivity contribution in [1.82, 2.24) is 9.97 Å². The number of nitrogens with zero attached hydrogens (tertiary/aromatic N) is 2. The Kier molecular flexibility index (Phi) is 7.55. The van der Waals surface area contributed by atoms with Crippen LogP contribution in [0.2, 0.25) is 0 Å². The number of hydrogen-bond acceptors (Lipinski definition) is 4. The fraction of sp³-hybridized carbons (Fsp3) is 0.242. The van der Waals surface area contributed by atoms with Gasteiger partial charge in [-0.3, -0.25) is 14.8 Å². The van der Waals surface area contributed by atoms with Gasteiger partial charge in [0.1, 0.15) is 5.78 Å². The molecule has 4 heteroatoms. The molecule has 186 valence electrons. The molecule has 0 spiro atoms. The van der Waals surface area contributed by atoms with E-state index in [4.69, 9.17) is 9.97 Å². The molecule has 1 aliphatic carbocycles. The molecular weight excluding hydrogens is 454 g/mol. The third-order valence-electron chi connectivity index (χ3n) is 7.05. The highest BCUT2D eigenvalue weighted by molar-refractivity contribution is 5.80. The molecule has 0 aliphatic heterocycles. The Hall–Kier alpha value is -4.05. The second-order valence-electron chi connectivity index (χ2n) is 9.77. The summed E-state index contributed by atoms with van der Waals surface area (Å²) in [6.45, 7) is 3.81. The first-order chi connectivity index (χ1) is 18.1. The molecule has 1 aromatic heterocycles. The van der Waals surface area contributed by atoms with E-state index < -0.39 is 0 Å². The maximum atomic E-state index is 11.4. The Morgan fingerprint density at radius 1 is 0.811 bits per heavy atom. The van der Waals surface area contributed by atoms with Gasteiger partial charge in [-0.05, 0) is 61.4 Å². The lowest BCUT2D eigenvalue weighted by Gasteiger charge is -2.24. The summed E-state index contributed by atoms with van der Waals surface area (Å²) in [6.07, 6.45) is 9.41. The number of hydrogen-bond donors (Lipinski definition) is 1. The van der Waals surface area contributed by atoms with Crippen LogP contribution in [0.15, 0.2) is 96.5 Å². The quantitative estimate of drug-likeness (QED) is 0.264. The third kappa shape index (κ3) is 5.86. The summed E-state index contributed by atoms with van der Waals surface area (Å²) in [6, 6.07) is 25.4. The van der Waals surface area contributed by atoms with Gasteiger partial charge in [-0.2, -0.15) is 0 Å². The van der Waals surface area contributed by atoms with Crippen LogP contribution in [0.25, 0.3) is 22.5 Å². The average Bonchev–Trinajstić information content (AvgIpc) is 2.89. The van der Waals surface area contributed by atoms with Gasteiger partial charge >= 0.3 is 0 Å². The molecule has 3 aromatic carbocycles. The number of carbonyl (C=O) groups is 1. The maximum absolute atomic E-state index is 11.4. The number of carbonyl (C=O) groups excluding carboxylic acids is 1. The van der Waals surface area contributed by atoms with Crippen LogP contribution in [-0.2, 0) is 24.1 Å². The van der Waals surface area contributed by atoms with E-state index in [1.54, 1.807) is 19.3 Å². The summed E-state index contributed by atoms with van der Waals surface area (Å²) in [5, 5.41) is 3.71. The maximum Gasteiger partial charge on any atom is 0.134 e. The molecule has 1 heterocycles. The van der Waals surface area contributed by atoms with E-state index in [0.29, 0.717) is 6.42 Å². The molecule has 0 unspecified atom stereocenters. The summed E-state index contributed by atoms with van der Waals surface area (Å²) in [4.78, 5) is 20.8. The lowest BCUT2D eigenvalue weighted by molar-refractivity contribution is -0.116. The summed E-state index contributed by atoms with van der Waals surface area (Å²) in [5.74, 6) is 0.193. The zero-order valence-corrected chi connectivity index (χ0v) is 21.6. The third-order valence-corrected chi connectivity index (χ3v) is 7.05. The molecule has 5 rings (SSSR count). The second kappa shape index (κ2) is 11.3. The number of Topliss-reactive ketones (excluding diaryl/α,β-unsaturated/α-hetero) is 1. The zero-order valence-electron chi connectivity index (χ0n) is 21.6. The van der Waals surface area contributed by atoms with E-state index in [9.17, 15) is 4.79 Å². The van der Waals surface area contributed by atoms with Crippen molar-refractivity contribution >= 4 is 11.5 Å². The first kappa shape index (κ1) is 24.6. The Balaban J connectivity index is 1.36. The van der Waals surface area contributed by atoms with Gasteiger partial charge < -0.3 is 5.32 Å². The Morgan fingerprint density at radius 2 is 1.46 bits per heavy atom. The summed E-state index contributed by atoms with van der Waals surface area (Å²) >= 11 is 0. The zero-order chi connectivity index (χ0) is 25.6. The molecule has 0 saturated heterocycles. The molecule has 1 aliphatic rings. The van der Waals surface area contributed by atoms with Crippen LogP contribution >= 0.6 is 0 Å². The van der Waals surface area contributed by atoms with Crippen molar-refractivity contribution in [3.05, 3.63) is 113 Å². The molecule has 0 amide bonds. The van der Waals surface area contributed by atoms with Gasteiger partial charge in [0, 0.05) is 47.7 Å². The van der Waals surface area contributed by atoms with Gasteiger partial charge in [0.25, 0.3) is 0 Å². The van der Waals surface area contributed by atoms with Gasteiger partial charge in [0.15, 0.2) is 0 Å². The SMILES string of the molecule is CCc1ccccc1-c1nccnc1-c1ccc(NC(Cc2ccc(CC(C)=O)cc2)=C2CCC2)cc1. The number of nitrogens with one attached hydrogen (secondary N) is 1. The molecule has 4 nitrogen and oxygen atoms in total. The molecule has 1 fully saturated rings. The Morgan fingerprint density at radius 3 is 2.08 bits per heavy atom. The van der Waals surface area contributed by atoms with E-state index >= 15 is 0 Å². The van der Waals surface area contributed by atoms with Crippen molar-refractivity contribution in [2.24, 2.45) is 0 Å². The number of allylic oxidation sites excluding steroid dienone is 2. The number of benzene rings is 3. The molecule has 37 heavy (non-hydrogen) atoms. The molecule has 0 atom stereocenters. The van der Waals surface area contributed by atoms with Crippen molar-refractivity contribution in [2.45, 2.75) is 52.4 Å². The van der Waals surface area contributed by atoms with Crippen LogP contribution in [0, 0.1) is 0 Å². The summed E-state index contributed by atoms with van der Waals surface area (Å²) in [7, 11) is 0. The van der Waals surface area contributed by atoms with Crippen LogP contribution in [0.1, 0.15) is 49.8 Å². The topological polar surface area (TPSA) is 54.9 Å². The van der Waals surface area contributed by atoms with E-state index in [1.807, 2.05) is 0 Å². The van der Waals surface area contributed by atoms with E-state index in [0.717, 1.165) is 59.4 Å². The molecular formula is C33H33N3O. The smallest absolute Gasteiger partial charge is 0.134 e. The monoisotopic (exact) mass is 487 g/mol. The Bertz CT molecular complexity index is 1410. The van der Waals surface area contributed by atoms with Crippen molar-refractivity contribution < 1.29 is 4.79 Å². The highest BCUT2D eigenvalue weighted by Crippen LogP contribution is 2.33. The molecule has 1 N–H and O–H groups in total. The van der Waals surface area contributed by atoms with Crippen LogP contribution in [-0.4, -0.2) is 15.8 Å². The standard InChI is InChI=1S/C33H33N3O/c1-3-26-7-4-5-10-30(26)33-32(34-19-20-35-33)28-15-17-29(18-16-28)36-31(27-8-6-9-27)22-25-13-11-24(12-14-25)21-23(2)37/h4-5,7,10-20,36H,3,6,8-9,21-22H2,1-2H3. The number of aryl methyl sites for hydroxylation is 1. The molecule has 0 bridgehead atoms. The van der Waals surface area contributed by atoms with Crippen molar-refractivity contribution in [1.29, 1.82) is 0 Å². The second-order valence-corrected chi connectivity index (χ2v) is 9.77. The highest BCUT2D eigenvalue weighted by Gasteiger charge is 2.16. The van der Waals surface area contributed by atoms with E-state index in [2.05, 4.69) is 85.0 Å². The predicted molar refractivity (Wildman–Crippen MR) is 151 cm³/mol. The minimum atomic E-state index is 0.193. The van der Waals surface area contributed by atoms with Gasteiger partial charge in [-0.25, -0.2) is 0 Å². The number of aromatic nitrogens is 2. The number of ketones is 1. The number of rotatable bonds is 9. The van der Waals surface area contributed by atoms with E-state index in [-0.39, 0.29) is 5.78 Å². The van der Waals surface area contributed by atoms with Gasteiger partial charge in [-0.15, -0.1) is 0 Å². The van der Waals surface area contributed by atoms with Crippen molar-refractivity contribution in [3.63, 3.8) is 0 Å². The molecule has 1 saturated carbocycles. The van der Waals surface area contributed by atoms with Gasteiger partial charge in [0.2, 0.25) is 0 Å². The van der Waals surface area contributed by atoms with E-state index in [1.165, 1.54) is 28.8 Å². The predicted octanol–water partition coefficient (Wildman–Crippen LogP) is 7.60. The Labute approximate surface area is 219 Å². The van der Waals surface area contributed by atoms with Crippen molar-refractivity contribution in [3.8, 4) is 22.5 Å². The van der Waals surface area contributed by atoms with Gasteiger partial charge in [0.05, 0.1) is 11.4 Å². The summed E-state index contributed by atoms with van der Waals surface area (Å²) < 4.78 is 0. The largest absolute Gasteiger partial charge is 0.359 e. The fourth-order valence-corrected chi connectivity index (χ4v) is 4.87. The van der Waals surface area contributed by atoms with Crippen LogP contribution < -0.4 is 5.32 Å². The fourth-order valence-electron chi connectivity index (χ4n) is 4.87. The first-order valence-electron chi connectivity index (χ1n) is 13.2. The minimum absolute atomic E-state index is 0.193. The number of anilines is 1. The summed E-state index contributed by atoms with van der Waals surface area (Å²) in [5.41, 5.74) is 11.5. The van der Waals surface area contributed by atoms with Crippen LogP contribution in [0.5, 0.6) is 0 Å². The first-order valence-corrected chi connectivity index (χ1v) is 13.2. The lowest BCUT2D eigenvalue weighted by atomic mass is 9.88. The highest BCUT2D eigenvalue weighted by atomic mass is 16.1. The average molecular weight is 488 g/mol. The molecule has 0 radical (unpaired) electrons. The molecule has 4 aromatic rings. The normalized spacial score (nSPS) is 12.6. The van der Waals surface area contributed by atoms with Gasteiger partial charge in [-0.1, -0.05) is 73.2 Å². The van der Waals surface area contributed by atoms with Crippen molar-refractivity contribution in [2.75, 3.05) is 5.32 Å². The van der Waals surface area contributed by atoms with Crippen LogP contribution in [0.4, 0.5) is 5.69 Å². The van der Waals surface area contributed by atoms with Crippen LogP contribution in [0.3, 0.4) is 0 Å².